The van der Waals surface area contributed by atoms with Crippen molar-refractivity contribution in [2.45, 2.75) is 0 Å². The van der Waals surface area contributed by atoms with Crippen molar-refractivity contribution in [1.82, 2.24) is 19.5 Å². The average Bonchev–Trinajstić information content (AvgIpc) is 4.20. The zero-order valence-electron chi connectivity index (χ0n) is 37.3. The molecule has 0 bridgehead atoms. The molecule has 0 saturated heterocycles. The molecule has 10 aromatic carbocycles. The summed E-state index contributed by atoms with van der Waals surface area (Å²) < 4.78 is 17.9. The number of aromatic nitrogens is 4. The van der Waals surface area contributed by atoms with Crippen molar-refractivity contribution in [3.05, 3.63) is 218 Å². The summed E-state index contributed by atoms with van der Waals surface area (Å²) in [4.78, 5) is 15.7. The van der Waals surface area contributed by atoms with E-state index in [9.17, 15) is 0 Å². The minimum atomic E-state index is 0.560. The molecular formula is C63H36N4O2S. The molecule has 0 aliphatic heterocycles. The van der Waals surface area contributed by atoms with Gasteiger partial charge in [0.2, 0.25) is 0 Å². The van der Waals surface area contributed by atoms with Crippen LogP contribution in [-0.4, -0.2) is 19.5 Å². The first-order chi connectivity index (χ1) is 34.7. The Labute approximate surface area is 404 Å². The monoisotopic (exact) mass is 912 g/mol. The molecule has 6 nitrogen and oxygen atoms in total. The smallest absolute Gasteiger partial charge is 0.164 e. The number of para-hydroxylation sites is 3. The van der Waals surface area contributed by atoms with E-state index in [0.717, 1.165) is 77.4 Å². The van der Waals surface area contributed by atoms with Crippen LogP contribution in [0.25, 0.3) is 148 Å². The molecule has 15 aromatic rings. The van der Waals surface area contributed by atoms with E-state index in [1.807, 2.05) is 84.1 Å². The zero-order chi connectivity index (χ0) is 45.9. The molecule has 7 heteroatoms. The van der Waals surface area contributed by atoms with Crippen LogP contribution in [0.3, 0.4) is 0 Å². The highest BCUT2D eigenvalue weighted by atomic mass is 32.1. The van der Waals surface area contributed by atoms with Gasteiger partial charge >= 0.3 is 0 Å². The van der Waals surface area contributed by atoms with Gasteiger partial charge in [-0.25, -0.2) is 15.0 Å². The van der Waals surface area contributed by atoms with Crippen molar-refractivity contribution < 1.29 is 8.83 Å². The van der Waals surface area contributed by atoms with Gasteiger partial charge in [0.05, 0.1) is 11.0 Å². The van der Waals surface area contributed by atoms with Gasteiger partial charge in [0.15, 0.2) is 17.5 Å². The summed E-state index contributed by atoms with van der Waals surface area (Å²) in [5.74, 6) is 1.71. The van der Waals surface area contributed by atoms with Crippen molar-refractivity contribution in [3.63, 3.8) is 0 Å². The van der Waals surface area contributed by atoms with Gasteiger partial charge in [0.1, 0.15) is 22.3 Å². The maximum atomic E-state index is 6.67. The molecule has 70 heavy (non-hydrogen) atoms. The fourth-order valence-electron chi connectivity index (χ4n) is 10.7. The third kappa shape index (κ3) is 5.95. The molecule has 0 saturated carbocycles. The van der Waals surface area contributed by atoms with Crippen molar-refractivity contribution in [2.24, 2.45) is 0 Å². The van der Waals surface area contributed by atoms with Crippen LogP contribution in [0.5, 0.6) is 0 Å². The molecule has 5 heterocycles. The van der Waals surface area contributed by atoms with E-state index in [1.54, 1.807) is 0 Å². The van der Waals surface area contributed by atoms with E-state index in [4.69, 9.17) is 23.8 Å². The number of fused-ring (bicyclic) bond motifs is 12. The number of nitrogens with zero attached hydrogens (tertiary/aromatic N) is 4. The van der Waals surface area contributed by atoms with Crippen LogP contribution in [0, 0.1) is 0 Å². The minimum absolute atomic E-state index is 0.560. The summed E-state index contributed by atoms with van der Waals surface area (Å²) in [6.45, 7) is 0. The number of hydrogen-bond donors (Lipinski definition) is 0. The largest absolute Gasteiger partial charge is 0.456 e. The Bertz CT molecular complexity index is 4600. The first-order valence-corrected chi connectivity index (χ1v) is 24.2. The molecule has 326 valence electrons. The SMILES string of the molecule is c1ccc(-c2nc(-c3cccc4oc5ccccc5c34)nc(-c3cccc4oc5ccc(-c6cc(-c7ccc8c(c7)c7ccccc7n8-c7ccccc7)c7sc8ccccc8c7c6)cc5c34)n2)cc1. The topological polar surface area (TPSA) is 69.9 Å². The maximum absolute atomic E-state index is 6.67. The van der Waals surface area contributed by atoms with Crippen molar-refractivity contribution in [1.29, 1.82) is 0 Å². The fraction of sp³-hybridized carbons (Fsp3) is 0. The molecule has 5 aromatic heterocycles. The molecule has 0 aliphatic carbocycles. The quantitative estimate of drug-likeness (QED) is 0.166. The third-order valence-corrected chi connectivity index (χ3v) is 15.1. The lowest BCUT2D eigenvalue weighted by Crippen LogP contribution is -2.00. The van der Waals surface area contributed by atoms with E-state index in [2.05, 4.69) is 150 Å². The highest BCUT2D eigenvalue weighted by Gasteiger charge is 2.22. The Morgan fingerprint density at radius 1 is 0.329 bits per heavy atom. The predicted molar refractivity (Wildman–Crippen MR) is 289 cm³/mol. The van der Waals surface area contributed by atoms with Gasteiger partial charge in [-0.2, -0.15) is 0 Å². The van der Waals surface area contributed by atoms with Crippen LogP contribution < -0.4 is 0 Å². The zero-order valence-corrected chi connectivity index (χ0v) is 38.1. The lowest BCUT2D eigenvalue weighted by atomic mass is 9.94. The van der Waals surface area contributed by atoms with Crippen LogP contribution >= 0.6 is 11.3 Å². The molecular weight excluding hydrogens is 877 g/mol. The Kier molecular flexibility index (Phi) is 8.43. The molecule has 0 aliphatic rings. The fourth-order valence-corrected chi connectivity index (χ4v) is 11.9. The normalized spacial score (nSPS) is 12.0. The molecule has 15 rings (SSSR count). The first-order valence-electron chi connectivity index (χ1n) is 23.4. The summed E-state index contributed by atoms with van der Waals surface area (Å²) in [5.41, 5.74) is 13.9. The van der Waals surface area contributed by atoms with Crippen LogP contribution in [0.15, 0.2) is 227 Å². The van der Waals surface area contributed by atoms with Gasteiger partial charge in [-0.1, -0.05) is 140 Å². The van der Waals surface area contributed by atoms with Crippen molar-refractivity contribution in [2.75, 3.05) is 0 Å². The van der Waals surface area contributed by atoms with Crippen LogP contribution in [-0.2, 0) is 0 Å². The number of rotatable bonds is 6. The number of benzene rings is 10. The Balaban J connectivity index is 0.934. The summed E-state index contributed by atoms with van der Waals surface area (Å²) >= 11 is 1.86. The highest BCUT2D eigenvalue weighted by molar-refractivity contribution is 7.26. The Morgan fingerprint density at radius 2 is 0.900 bits per heavy atom. The van der Waals surface area contributed by atoms with E-state index >= 15 is 0 Å². The molecule has 0 unspecified atom stereocenters. The second-order valence-electron chi connectivity index (χ2n) is 17.9. The van der Waals surface area contributed by atoms with Crippen LogP contribution in [0.4, 0.5) is 0 Å². The maximum Gasteiger partial charge on any atom is 0.164 e. The summed E-state index contributed by atoms with van der Waals surface area (Å²) in [6.07, 6.45) is 0. The highest BCUT2D eigenvalue weighted by Crippen LogP contribution is 2.46. The van der Waals surface area contributed by atoms with E-state index < -0.39 is 0 Å². The summed E-state index contributed by atoms with van der Waals surface area (Å²) in [6, 6.07) is 76.9. The van der Waals surface area contributed by atoms with E-state index in [-0.39, 0.29) is 0 Å². The van der Waals surface area contributed by atoms with Gasteiger partial charge < -0.3 is 13.4 Å². The molecule has 0 amide bonds. The van der Waals surface area contributed by atoms with Crippen molar-refractivity contribution in [3.8, 4) is 62.1 Å². The number of hydrogen-bond acceptors (Lipinski definition) is 6. The van der Waals surface area contributed by atoms with Gasteiger partial charge in [0, 0.05) is 80.4 Å². The third-order valence-electron chi connectivity index (χ3n) is 13.9. The molecule has 0 fully saturated rings. The molecule has 0 spiro atoms. The van der Waals surface area contributed by atoms with Crippen LogP contribution in [0.2, 0.25) is 0 Å². The summed E-state index contributed by atoms with van der Waals surface area (Å²) in [7, 11) is 0. The Morgan fingerprint density at radius 3 is 1.69 bits per heavy atom. The second-order valence-corrected chi connectivity index (χ2v) is 18.9. The lowest BCUT2D eigenvalue weighted by Gasteiger charge is -2.11. The average molecular weight is 913 g/mol. The van der Waals surface area contributed by atoms with E-state index in [0.29, 0.717) is 17.5 Å². The summed E-state index contributed by atoms with van der Waals surface area (Å²) in [5, 5.41) is 8.87. The van der Waals surface area contributed by atoms with Gasteiger partial charge in [-0.05, 0) is 95.6 Å². The first kappa shape index (κ1) is 38.9. The van der Waals surface area contributed by atoms with Gasteiger partial charge in [-0.15, -0.1) is 11.3 Å². The van der Waals surface area contributed by atoms with Gasteiger partial charge in [-0.3, -0.25) is 0 Å². The standard InChI is InChI=1S/C63H36N4O2S/c1-3-15-37(16-4-1)61-64-62(45-22-13-26-55-58(45)44-21-8-11-25-53(44)68-55)66-63(65-61)46-23-14-27-56-59(46)50-33-38(30-32-54(50)69-56)40-35-47(60-49(36-40)43-20-9-12-28-57(43)70-60)39-29-31-52-48(34-39)42-19-7-10-24-51(42)67(52)41-17-5-2-6-18-41/h1-36H. The van der Waals surface area contributed by atoms with Gasteiger partial charge in [0.25, 0.3) is 0 Å². The van der Waals surface area contributed by atoms with E-state index in [1.165, 1.54) is 53.1 Å². The molecule has 0 atom stereocenters. The molecule has 0 N–H and O–H groups in total. The number of furan rings is 2. The minimum Gasteiger partial charge on any atom is -0.456 e. The second kappa shape index (κ2) is 15.2. The number of thiophene rings is 1. The lowest BCUT2D eigenvalue weighted by molar-refractivity contribution is 0.668. The Hall–Kier alpha value is -9.17. The van der Waals surface area contributed by atoms with Crippen LogP contribution in [0.1, 0.15) is 0 Å². The molecule has 0 radical (unpaired) electrons. The van der Waals surface area contributed by atoms with Crippen molar-refractivity contribution >= 4 is 97.2 Å². The predicted octanol–water partition coefficient (Wildman–Crippen LogP) is 17.5.